The van der Waals surface area contributed by atoms with Crippen LogP contribution < -0.4 is 18.1 Å². The number of fused-ring (bicyclic) bond motifs is 2. The number of ether oxygens (including phenoxy) is 1. The third-order valence-electron chi connectivity index (χ3n) is 11.5. The van der Waals surface area contributed by atoms with Gasteiger partial charge in [0.25, 0.3) is 18.1 Å². The number of carbonyl (C=O) groups is 1. The molecular formula is C56H54O6P2. The zero-order chi connectivity index (χ0) is 44.7. The summed E-state index contributed by atoms with van der Waals surface area (Å²) in [6, 6.07) is 51.4. The second-order valence-electron chi connectivity index (χ2n) is 17.0. The van der Waals surface area contributed by atoms with Gasteiger partial charge in [0, 0.05) is 11.1 Å². The minimum Gasteiger partial charge on any atom is -0.457 e. The van der Waals surface area contributed by atoms with E-state index in [1.807, 2.05) is 73.7 Å². The van der Waals surface area contributed by atoms with E-state index < -0.39 is 15.0 Å². The first-order chi connectivity index (χ1) is 31.0. The molecule has 64 heavy (non-hydrogen) atoms. The molecule has 2 atom stereocenters. The van der Waals surface area contributed by atoms with Crippen molar-refractivity contribution in [3.63, 3.8) is 0 Å². The van der Waals surface area contributed by atoms with Crippen LogP contribution in [0.4, 0.5) is 0 Å². The molecule has 0 spiro atoms. The van der Waals surface area contributed by atoms with Gasteiger partial charge in [-0.25, -0.2) is 4.79 Å². The maximum atomic E-state index is 14.6. The second kappa shape index (κ2) is 20.1. The Balaban J connectivity index is 1.19. The van der Waals surface area contributed by atoms with Crippen LogP contribution in [0.2, 0.25) is 0 Å². The Labute approximate surface area is 380 Å². The summed E-state index contributed by atoms with van der Waals surface area (Å²) in [6.07, 6.45) is 0.822. The molecule has 0 saturated heterocycles. The molecule has 0 heterocycles. The van der Waals surface area contributed by atoms with E-state index in [4.69, 9.17) is 22.8 Å². The van der Waals surface area contributed by atoms with Gasteiger partial charge in [0.1, 0.15) is 35.2 Å². The van der Waals surface area contributed by atoms with Crippen LogP contribution in [-0.2, 0) is 17.8 Å². The van der Waals surface area contributed by atoms with Crippen molar-refractivity contribution in [1.82, 2.24) is 0 Å². The number of hydrogen-bond acceptors (Lipinski definition) is 6. The van der Waals surface area contributed by atoms with Crippen LogP contribution in [0, 0.1) is 20.8 Å². The Hall–Kier alpha value is -6.19. The van der Waals surface area contributed by atoms with E-state index >= 15 is 0 Å². The highest BCUT2D eigenvalue weighted by Crippen LogP contribution is 2.50. The molecule has 6 nitrogen and oxygen atoms in total. The summed E-state index contributed by atoms with van der Waals surface area (Å²) in [4.78, 5) is 14.6. The van der Waals surface area contributed by atoms with Crippen LogP contribution >= 0.6 is 18.1 Å². The van der Waals surface area contributed by atoms with Gasteiger partial charge in [-0.2, -0.15) is 0 Å². The molecule has 0 aliphatic heterocycles. The third-order valence-corrected chi connectivity index (χ3v) is 12.7. The van der Waals surface area contributed by atoms with Crippen LogP contribution in [0.15, 0.2) is 152 Å². The van der Waals surface area contributed by atoms with Gasteiger partial charge in [0.2, 0.25) is 0 Å². The van der Waals surface area contributed by atoms with Gasteiger partial charge < -0.3 is 22.8 Å². The quantitative estimate of drug-likeness (QED) is 0.0711. The summed E-state index contributed by atoms with van der Waals surface area (Å²) in [6.45, 7) is 14.9. The summed E-state index contributed by atoms with van der Waals surface area (Å²) in [5.74, 6) is 2.47. The van der Waals surface area contributed by atoms with E-state index in [0.717, 1.165) is 72.8 Å². The van der Waals surface area contributed by atoms with Crippen molar-refractivity contribution in [2.24, 2.45) is 0 Å². The first-order valence-corrected chi connectivity index (χ1v) is 23.4. The molecule has 8 aromatic rings. The minimum atomic E-state index is -0.512. The van der Waals surface area contributed by atoms with Crippen molar-refractivity contribution in [1.29, 1.82) is 0 Å². The predicted molar refractivity (Wildman–Crippen MR) is 266 cm³/mol. The van der Waals surface area contributed by atoms with E-state index in [0.29, 0.717) is 17.1 Å². The monoisotopic (exact) mass is 884 g/mol. The number of aryl methyl sites for hydroxylation is 3. The second-order valence-corrected chi connectivity index (χ2v) is 18.2. The van der Waals surface area contributed by atoms with Crippen molar-refractivity contribution in [2.75, 3.05) is 0 Å². The molecule has 0 fully saturated rings. The van der Waals surface area contributed by atoms with Crippen molar-refractivity contribution < 1.29 is 27.6 Å². The van der Waals surface area contributed by atoms with E-state index in [1.54, 1.807) is 0 Å². The minimum absolute atomic E-state index is 0.0868. The van der Waals surface area contributed by atoms with Crippen molar-refractivity contribution in [2.45, 2.75) is 73.3 Å². The standard InChI is InChI=1S/C56H54O6P2/c1-35(2)45-27-18-38(6)30-51(45)60-63-59-50-29-26-43-12-8-10-14-47(43)53(50)54-48-15-11-9-13-44(48)33-49(55(54)62-64-61-52-31-39(7)19-28-46(52)36(3)4)56(57)58-34-42-24-22-41(23-25-42)32-40-20-16-37(5)17-21-40/h8-31,33,35-36,63-64H,32,34H2,1-7H3. The average Bonchev–Trinajstić information content (AvgIpc) is 3.29. The number of carbonyl (C=O) groups excluding carboxylic acids is 1. The van der Waals surface area contributed by atoms with Crippen LogP contribution in [0.3, 0.4) is 0 Å². The molecule has 0 aliphatic rings. The van der Waals surface area contributed by atoms with Crippen LogP contribution in [0.5, 0.6) is 23.0 Å². The summed E-state index contributed by atoms with van der Waals surface area (Å²) in [5, 5.41) is 3.66. The molecule has 0 aromatic heterocycles. The lowest BCUT2D eigenvalue weighted by Crippen LogP contribution is -2.08. The van der Waals surface area contributed by atoms with Gasteiger partial charge in [-0.1, -0.05) is 161 Å². The number of esters is 1. The smallest absolute Gasteiger partial charge is 0.342 e. The largest absolute Gasteiger partial charge is 0.457 e. The Morgan fingerprint density at radius 2 is 0.984 bits per heavy atom. The number of rotatable bonds is 16. The van der Waals surface area contributed by atoms with E-state index in [-0.39, 0.29) is 33.0 Å². The van der Waals surface area contributed by atoms with E-state index in [2.05, 4.69) is 126 Å². The maximum absolute atomic E-state index is 14.6. The fourth-order valence-corrected chi connectivity index (χ4v) is 9.15. The van der Waals surface area contributed by atoms with Crippen LogP contribution in [0.25, 0.3) is 32.7 Å². The molecule has 2 unspecified atom stereocenters. The Morgan fingerprint density at radius 3 is 1.59 bits per heavy atom. The van der Waals surface area contributed by atoms with Gasteiger partial charge in [-0.3, -0.25) is 0 Å². The SMILES string of the molecule is Cc1ccc(Cc2ccc(COC(=O)c3cc4ccccc4c(-c4c(OPOc5cc(C)ccc5C(C)C)ccc5ccccc45)c3OPOc3cc(C)ccc3C(C)C)cc2)cc1. The van der Waals surface area contributed by atoms with Gasteiger partial charge in [0.05, 0.1) is 0 Å². The fourth-order valence-electron chi connectivity index (χ4n) is 7.98. The molecule has 0 amide bonds. The maximum Gasteiger partial charge on any atom is 0.342 e. The highest BCUT2D eigenvalue weighted by atomic mass is 31.1. The van der Waals surface area contributed by atoms with Gasteiger partial charge >= 0.3 is 5.97 Å². The van der Waals surface area contributed by atoms with Crippen molar-refractivity contribution in [3.05, 3.63) is 202 Å². The summed E-state index contributed by atoms with van der Waals surface area (Å²) in [5.41, 5.74) is 10.7. The Morgan fingerprint density at radius 1 is 0.484 bits per heavy atom. The number of hydrogen-bond donors (Lipinski definition) is 0. The summed E-state index contributed by atoms with van der Waals surface area (Å²) >= 11 is 0. The van der Waals surface area contributed by atoms with Gasteiger partial charge in [-0.05, 0) is 124 Å². The van der Waals surface area contributed by atoms with Gasteiger partial charge in [-0.15, -0.1) is 0 Å². The molecule has 0 bridgehead atoms. The average molecular weight is 885 g/mol. The molecule has 8 aromatic carbocycles. The molecule has 8 rings (SSSR count). The summed E-state index contributed by atoms with van der Waals surface area (Å²) in [7, 11) is -0.840. The highest BCUT2D eigenvalue weighted by Gasteiger charge is 2.27. The molecule has 0 saturated carbocycles. The van der Waals surface area contributed by atoms with Crippen LogP contribution in [-0.4, -0.2) is 5.97 Å². The normalized spacial score (nSPS) is 11.7. The van der Waals surface area contributed by atoms with Gasteiger partial charge in [0.15, 0.2) is 0 Å². The lowest BCUT2D eigenvalue weighted by atomic mass is 9.90. The molecule has 0 aliphatic carbocycles. The Kier molecular flexibility index (Phi) is 14.0. The van der Waals surface area contributed by atoms with E-state index in [1.165, 1.54) is 16.7 Å². The first kappa shape index (κ1) is 44.4. The fraction of sp³-hybridized carbons (Fsp3) is 0.196. The molecule has 0 radical (unpaired) electrons. The zero-order valence-electron chi connectivity index (χ0n) is 37.5. The lowest BCUT2D eigenvalue weighted by molar-refractivity contribution is 0.0471. The zero-order valence-corrected chi connectivity index (χ0v) is 39.5. The third kappa shape index (κ3) is 10.3. The molecule has 8 heteroatoms. The molecule has 324 valence electrons. The predicted octanol–water partition coefficient (Wildman–Crippen LogP) is 15.7. The molecular weight excluding hydrogens is 831 g/mol. The van der Waals surface area contributed by atoms with Crippen molar-refractivity contribution in [3.8, 4) is 34.1 Å². The lowest BCUT2D eigenvalue weighted by Gasteiger charge is -2.22. The number of benzene rings is 8. The van der Waals surface area contributed by atoms with E-state index in [9.17, 15) is 4.79 Å². The molecule has 0 N–H and O–H groups in total. The summed E-state index contributed by atoms with van der Waals surface area (Å²) < 4.78 is 32.6. The topological polar surface area (TPSA) is 63.2 Å². The highest BCUT2D eigenvalue weighted by molar-refractivity contribution is 7.27. The Bertz CT molecular complexity index is 2920. The van der Waals surface area contributed by atoms with Crippen molar-refractivity contribution >= 4 is 45.6 Å². The first-order valence-electron chi connectivity index (χ1n) is 21.8. The van der Waals surface area contributed by atoms with Crippen LogP contribution in [0.1, 0.15) is 94.4 Å².